The number of nitrogens with zero attached hydrogens (tertiary/aromatic N) is 5. The fraction of sp³-hybridized carbons (Fsp3) is 0.167. The third kappa shape index (κ3) is 1.44. The van der Waals surface area contributed by atoms with E-state index in [1.54, 1.807) is 0 Å². The highest BCUT2D eigenvalue weighted by molar-refractivity contribution is 5.96. The zero-order valence-corrected chi connectivity index (χ0v) is 7.71. The van der Waals surface area contributed by atoms with Crippen molar-refractivity contribution in [2.45, 2.75) is 0 Å². The molecule has 0 aliphatic carbocycles. The van der Waals surface area contributed by atoms with E-state index in [-0.39, 0.29) is 16.8 Å². The normalized spacial score (nSPS) is 9.93. The first-order valence-electron chi connectivity index (χ1n) is 3.68. The molecule has 4 N–H and O–H groups in total. The van der Waals surface area contributed by atoms with Gasteiger partial charge in [-0.1, -0.05) is 5.21 Å². The van der Waals surface area contributed by atoms with Crippen molar-refractivity contribution in [3.63, 3.8) is 0 Å². The first-order valence-corrected chi connectivity index (χ1v) is 3.68. The molecular formula is C6H8N6O3. The molecule has 9 heteroatoms. The molecule has 0 spiro atoms. The molecule has 0 fully saturated rings. The standard InChI is InChI=1S/C6H6N6O2.H2O/c1-11-6(14)12-2-8-3(4(7)13)5(12)9-10-11;/h2H,1H3,(H2,7,13);1H2. The second-order valence-corrected chi connectivity index (χ2v) is 2.65. The molecule has 2 heterocycles. The molecule has 2 aromatic rings. The molecule has 0 bridgehead atoms. The van der Waals surface area contributed by atoms with Crippen molar-refractivity contribution in [1.82, 2.24) is 24.4 Å². The summed E-state index contributed by atoms with van der Waals surface area (Å²) in [7, 11) is 1.44. The molecule has 0 aliphatic heterocycles. The first kappa shape index (κ1) is 10.8. The number of carbonyl (C=O) groups is 1. The summed E-state index contributed by atoms with van der Waals surface area (Å²) < 4.78 is 2.13. The van der Waals surface area contributed by atoms with Gasteiger partial charge >= 0.3 is 5.69 Å². The minimum atomic E-state index is -0.741. The molecule has 2 rings (SSSR count). The number of hydrogen-bond donors (Lipinski definition) is 1. The van der Waals surface area contributed by atoms with Crippen LogP contribution in [0.3, 0.4) is 0 Å². The number of primary amides is 1. The summed E-state index contributed by atoms with van der Waals surface area (Å²) >= 11 is 0. The van der Waals surface area contributed by atoms with E-state index in [1.807, 2.05) is 0 Å². The Morgan fingerprint density at radius 3 is 2.80 bits per heavy atom. The molecule has 9 nitrogen and oxygen atoms in total. The van der Waals surface area contributed by atoms with Crippen molar-refractivity contribution in [3.8, 4) is 0 Å². The van der Waals surface area contributed by atoms with Crippen LogP contribution in [0, 0.1) is 0 Å². The summed E-state index contributed by atoms with van der Waals surface area (Å²) in [5.74, 6) is -0.741. The van der Waals surface area contributed by atoms with Crippen LogP contribution in [0.4, 0.5) is 0 Å². The zero-order valence-electron chi connectivity index (χ0n) is 7.71. The van der Waals surface area contributed by atoms with Crippen molar-refractivity contribution in [1.29, 1.82) is 0 Å². The molecule has 0 saturated heterocycles. The van der Waals surface area contributed by atoms with Crippen molar-refractivity contribution < 1.29 is 10.3 Å². The summed E-state index contributed by atoms with van der Waals surface area (Å²) in [6, 6.07) is 0. The number of hydrogen-bond acceptors (Lipinski definition) is 5. The van der Waals surface area contributed by atoms with Crippen molar-refractivity contribution in [3.05, 3.63) is 22.5 Å². The topological polar surface area (TPSA) is 140 Å². The number of rotatable bonds is 1. The SMILES string of the molecule is Cn1nnc2c(C(N)=O)ncn2c1=O.O. The Kier molecular flexibility index (Phi) is 2.49. The third-order valence-corrected chi connectivity index (χ3v) is 1.73. The first-order chi connectivity index (χ1) is 6.61. The average Bonchev–Trinajstić information content (AvgIpc) is 2.55. The molecule has 0 saturated carbocycles. The molecule has 2 aromatic heterocycles. The van der Waals surface area contributed by atoms with E-state index < -0.39 is 11.6 Å². The monoisotopic (exact) mass is 212 g/mol. The third-order valence-electron chi connectivity index (χ3n) is 1.73. The average molecular weight is 212 g/mol. The lowest BCUT2D eigenvalue weighted by Gasteiger charge is -1.95. The van der Waals surface area contributed by atoms with Gasteiger partial charge in [0, 0.05) is 7.05 Å². The molecule has 0 atom stereocenters. The number of nitrogens with two attached hydrogens (primary N) is 1. The maximum absolute atomic E-state index is 11.4. The molecular weight excluding hydrogens is 204 g/mol. The van der Waals surface area contributed by atoms with Crippen LogP contribution in [0.2, 0.25) is 0 Å². The van der Waals surface area contributed by atoms with E-state index in [9.17, 15) is 9.59 Å². The van der Waals surface area contributed by atoms with Gasteiger partial charge in [-0.25, -0.2) is 14.2 Å². The van der Waals surface area contributed by atoms with E-state index in [4.69, 9.17) is 5.73 Å². The Hall–Kier alpha value is -2.29. The smallest absolute Gasteiger partial charge is 0.352 e. The number of fused-ring (bicyclic) bond motifs is 1. The largest absolute Gasteiger partial charge is 0.412 e. The lowest BCUT2D eigenvalue weighted by molar-refractivity contribution is 0.0997. The van der Waals surface area contributed by atoms with E-state index in [0.29, 0.717) is 0 Å². The van der Waals surface area contributed by atoms with Gasteiger partial charge in [0.2, 0.25) is 0 Å². The lowest BCUT2D eigenvalue weighted by Crippen LogP contribution is -2.27. The molecule has 0 unspecified atom stereocenters. The van der Waals surface area contributed by atoms with E-state index in [2.05, 4.69) is 15.3 Å². The van der Waals surface area contributed by atoms with Gasteiger partial charge in [-0.15, -0.1) is 5.10 Å². The van der Waals surface area contributed by atoms with E-state index in [0.717, 1.165) is 9.08 Å². The number of aryl methyl sites for hydroxylation is 1. The fourth-order valence-electron chi connectivity index (χ4n) is 1.05. The minimum Gasteiger partial charge on any atom is -0.412 e. The minimum absolute atomic E-state index is 0. The zero-order chi connectivity index (χ0) is 10.3. The van der Waals surface area contributed by atoms with Gasteiger partial charge in [0.05, 0.1) is 0 Å². The van der Waals surface area contributed by atoms with Gasteiger partial charge in [0.1, 0.15) is 6.33 Å². The predicted molar refractivity (Wildman–Crippen MR) is 48.2 cm³/mol. The van der Waals surface area contributed by atoms with Crippen LogP contribution in [0.1, 0.15) is 10.5 Å². The predicted octanol–water partition coefficient (Wildman–Crippen LogP) is -2.90. The second-order valence-electron chi connectivity index (χ2n) is 2.65. The van der Waals surface area contributed by atoms with Crippen LogP contribution in [0.25, 0.3) is 5.65 Å². The molecule has 0 aromatic carbocycles. The Balaban J connectivity index is 0.00000112. The van der Waals surface area contributed by atoms with Crippen LogP contribution in [0.5, 0.6) is 0 Å². The number of carbonyl (C=O) groups excluding carboxylic acids is 1. The fourth-order valence-corrected chi connectivity index (χ4v) is 1.05. The maximum atomic E-state index is 11.4. The lowest BCUT2D eigenvalue weighted by atomic mass is 10.4. The molecule has 15 heavy (non-hydrogen) atoms. The summed E-state index contributed by atoms with van der Waals surface area (Å²) in [6.07, 6.45) is 1.19. The van der Waals surface area contributed by atoms with Crippen LogP contribution < -0.4 is 11.4 Å². The van der Waals surface area contributed by atoms with Crippen molar-refractivity contribution >= 4 is 11.6 Å². The highest BCUT2D eigenvalue weighted by Gasteiger charge is 2.13. The van der Waals surface area contributed by atoms with E-state index >= 15 is 0 Å². The molecule has 80 valence electrons. The van der Waals surface area contributed by atoms with Crippen LogP contribution >= 0.6 is 0 Å². The summed E-state index contributed by atoms with van der Waals surface area (Å²) in [5.41, 5.74) is 4.60. The van der Waals surface area contributed by atoms with Gasteiger partial charge in [-0.2, -0.15) is 4.68 Å². The quantitative estimate of drug-likeness (QED) is 0.539. The van der Waals surface area contributed by atoms with Gasteiger partial charge < -0.3 is 11.2 Å². The van der Waals surface area contributed by atoms with Crippen LogP contribution in [0.15, 0.2) is 11.1 Å². The number of imidazole rings is 1. The van der Waals surface area contributed by atoms with Crippen LogP contribution in [-0.4, -0.2) is 35.8 Å². The van der Waals surface area contributed by atoms with Crippen molar-refractivity contribution in [2.75, 3.05) is 0 Å². The molecule has 0 radical (unpaired) electrons. The van der Waals surface area contributed by atoms with Gasteiger partial charge in [0.25, 0.3) is 5.91 Å². The maximum Gasteiger partial charge on any atom is 0.352 e. The number of aromatic nitrogens is 5. The Morgan fingerprint density at radius 2 is 2.20 bits per heavy atom. The van der Waals surface area contributed by atoms with E-state index in [1.165, 1.54) is 13.4 Å². The second kappa shape index (κ2) is 3.46. The highest BCUT2D eigenvalue weighted by atomic mass is 16.2. The molecule has 1 amide bonds. The van der Waals surface area contributed by atoms with Crippen molar-refractivity contribution in [2.24, 2.45) is 12.8 Å². The molecule has 0 aliphatic rings. The van der Waals surface area contributed by atoms with Gasteiger partial charge in [-0.3, -0.25) is 4.79 Å². The van der Waals surface area contributed by atoms with Gasteiger partial charge in [-0.05, 0) is 0 Å². The Bertz CT molecular complexity index is 570. The summed E-state index contributed by atoms with van der Waals surface area (Å²) in [6.45, 7) is 0. The summed E-state index contributed by atoms with van der Waals surface area (Å²) in [4.78, 5) is 25.9. The highest BCUT2D eigenvalue weighted by Crippen LogP contribution is 2.00. The van der Waals surface area contributed by atoms with Crippen LogP contribution in [-0.2, 0) is 7.05 Å². The Morgan fingerprint density at radius 1 is 1.53 bits per heavy atom. The van der Waals surface area contributed by atoms with Gasteiger partial charge in [0.15, 0.2) is 11.3 Å². The Labute approximate surface area is 82.4 Å². The number of amides is 1. The summed E-state index contributed by atoms with van der Waals surface area (Å²) in [5, 5.41) is 7.14.